The number of nitrogens with zero attached hydrogens (tertiary/aromatic N) is 1. The van der Waals surface area contributed by atoms with Crippen molar-refractivity contribution >= 4 is 23.7 Å². The molecule has 2 heterocycles. The van der Waals surface area contributed by atoms with E-state index >= 15 is 0 Å². The van der Waals surface area contributed by atoms with Gasteiger partial charge in [0, 0.05) is 30.9 Å². The van der Waals surface area contributed by atoms with Crippen LogP contribution in [0, 0.1) is 0 Å². The Bertz CT molecular complexity index is 1020. The molecule has 0 atom stereocenters. The molecule has 1 aliphatic rings. The Labute approximate surface area is 199 Å². The topological polar surface area (TPSA) is 97.9 Å². The molecule has 1 amide bonds. The number of benzene rings is 1. The molecule has 1 N–H and O–H groups in total. The first kappa shape index (κ1) is 25.1. The molecule has 1 aliphatic heterocycles. The zero-order chi connectivity index (χ0) is 24.3. The Balaban J connectivity index is 1.52. The van der Waals surface area contributed by atoms with Crippen LogP contribution in [0.4, 0.5) is 0 Å². The van der Waals surface area contributed by atoms with E-state index in [2.05, 4.69) is 11.9 Å². The Hall–Kier alpha value is -3.55. The Morgan fingerprint density at radius 1 is 1.06 bits per heavy atom. The van der Waals surface area contributed by atoms with Gasteiger partial charge in [-0.25, -0.2) is 4.79 Å². The molecule has 8 nitrogen and oxygen atoms in total. The number of ketones is 1. The molecular weight excluding hydrogens is 436 g/mol. The van der Waals surface area contributed by atoms with Gasteiger partial charge in [-0.2, -0.15) is 0 Å². The van der Waals surface area contributed by atoms with Gasteiger partial charge in [-0.15, -0.1) is 0 Å². The predicted molar refractivity (Wildman–Crippen MR) is 128 cm³/mol. The van der Waals surface area contributed by atoms with Gasteiger partial charge in [-0.3, -0.25) is 9.59 Å². The first-order chi connectivity index (χ1) is 16.5. The van der Waals surface area contributed by atoms with Crippen molar-refractivity contribution < 1.29 is 28.6 Å². The van der Waals surface area contributed by atoms with Gasteiger partial charge in [-0.1, -0.05) is 19.4 Å². The molecule has 8 heteroatoms. The molecule has 3 rings (SSSR count). The molecule has 0 saturated carbocycles. The van der Waals surface area contributed by atoms with Crippen molar-refractivity contribution in [2.45, 2.75) is 39.5 Å². The normalized spacial score (nSPS) is 13.3. The van der Waals surface area contributed by atoms with Crippen molar-refractivity contribution in [3.63, 3.8) is 0 Å². The summed E-state index contributed by atoms with van der Waals surface area (Å²) in [4.78, 5) is 41.5. The first-order valence-corrected chi connectivity index (χ1v) is 11.8. The lowest BCUT2D eigenvalue weighted by atomic mass is 10.2. The Morgan fingerprint density at radius 3 is 2.59 bits per heavy atom. The predicted octanol–water partition coefficient (Wildman–Crippen LogP) is 4.27. The minimum atomic E-state index is -0.640. The average molecular weight is 469 g/mol. The second-order valence-corrected chi connectivity index (χ2v) is 8.01. The number of carbonyl (C=O) groups is 3. The number of nitrogens with one attached hydrogen (secondary N) is 1. The van der Waals surface area contributed by atoms with E-state index in [0.29, 0.717) is 36.0 Å². The second kappa shape index (κ2) is 12.6. The molecule has 0 spiro atoms. The van der Waals surface area contributed by atoms with Crippen molar-refractivity contribution in [2.24, 2.45) is 0 Å². The second-order valence-electron chi connectivity index (χ2n) is 8.01. The van der Waals surface area contributed by atoms with E-state index in [1.165, 1.54) is 18.3 Å². The van der Waals surface area contributed by atoms with Crippen molar-refractivity contribution in [3.05, 3.63) is 53.4 Å². The minimum absolute atomic E-state index is 0.121. The maximum Gasteiger partial charge on any atom is 0.331 e. The summed E-state index contributed by atoms with van der Waals surface area (Å²) in [5.74, 6) is 0.125. The number of Topliss-reactive ketones (excluding diaryl/α,β-unsaturated/α-hetero) is 1. The van der Waals surface area contributed by atoms with E-state index < -0.39 is 12.6 Å². The Morgan fingerprint density at radius 2 is 1.85 bits per heavy atom. The SMILES string of the molecule is CCCCOc1ccc(/C=C/C(=O)OCC(=O)c2c[nH]c(C(=O)N3CCCC3)c2)cc1OCC. The molecule has 2 aromatic rings. The van der Waals surface area contributed by atoms with Crippen molar-refractivity contribution in [2.75, 3.05) is 32.9 Å². The number of amides is 1. The lowest BCUT2D eigenvalue weighted by Crippen LogP contribution is -2.27. The summed E-state index contributed by atoms with van der Waals surface area (Å²) in [7, 11) is 0. The van der Waals surface area contributed by atoms with Crippen LogP contribution in [0.25, 0.3) is 6.08 Å². The summed E-state index contributed by atoms with van der Waals surface area (Å²) in [6.45, 7) is 6.14. The van der Waals surface area contributed by atoms with Crippen molar-refractivity contribution in [3.8, 4) is 11.5 Å². The molecule has 0 aliphatic carbocycles. The van der Waals surface area contributed by atoms with Crippen LogP contribution in [0.1, 0.15) is 65.9 Å². The molecule has 0 radical (unpaired) electrons. The van der Waals surface area contributed by atoms with E-state index in [-0.39, 0.29) is 11.7 Å². The fraction of sp³-hybridized carbons (Fsp3) is 0.423. The summed E-state index contributed by atoms with van der Waals surface area (Å²) in [6.07, 6.45) is 8.30. The van der Waals surface area contributed by atoms with Gasteiger partial charge in [0.15, 0.2) is 18.1 Å². The molecule has 34 heavy (non-hydrogen) atoms. The van der Waals surface area contributed by atoms with E-state index in [9.17, 15) is 14.4 Å². The van der Waals surface area contributed by atoms with E-state index in [1.54, 1.807) is 17.0 Å². The summed E-state index contributed by atoms with van der Waals surface area (Å²) in [6, 6.07) is 6.92. The highest BCUT2D eigenvalue weighted by Crippen LogP contribution is 2.29. The highest BCUT2D eigenvalue weighted by molar-refractivity contribution is 6.01. The van der Waals surface area contributed by atoms with Crippen LogP contribution in [-0.4, -0.2) is 60.5 Å². The van der Waals surface area contributed by atoms with Gasteiger partial charge in [0.2, 0.25) is 5.78 Å². The molecule has 0 unspecified atom stereocenters. The van der Waals surface area contributed by atoms with Crippen LogP contribution in [0.3, 0.4) is 0 Å². The quantitative estimate of drug-likeness (QED) is 0.216. The standard InChI is InChI=1S/C26H32N2O6/c1-3-5-14-33-23-10-8-19(15-24(23)32-4-2)9-11-25(30)34-18-22(29)20-16-21(27-17-20)26(31)28-12-6-7-13-28/h8-11,15-17,27H,3-7,12-14,18H2,1-2H3/b11-9+. The zero-order valence-electron chi connectivity index (χ0n) is 19.8. The Kier molecular flexibility index (Phi) is 9.31. The highest BCUT2D eigenvalue weighted by atomic mass is 16.5. The first-order valence-electron chi connectivity index (χ1n) is 11.8. The van der Waals surface area contributed by atoms with Crippen molar-refractivity contribution in [1.29, 1.82) is 0 Å². The number of hydrogen-bond donors (Lipinski definition) is 1. The minimum Gasteiger partial charge on any atom is -0.490 e. The van der Waals surface area contributed by atoms with Crippen molar-refractivity contribution in [1.82, 2.24) is 9.88 Å². The van der Waals surface area contributed by atoms with E-state index in [0.717, 1.165) is 44.3 Å². The van der Waals surface area contributed by atoms with Gasteiger partial charge >= 0.3 is 5.97 Å². The summed E-state index contributed by atoms with van der Waals surface area (Å²) >= 11 is 0. The van der Waals surface area contributed by atoms with E-state index in [1.807, 2.05) is 19.1 Å². The smallest absolute Gasteiger partial charge is 0.331 e. The van der Waals surface area contributed by atoms with Gasteiger partial charge in [-0.05, 0) is 56.0 Å². The highest BCUT2D eigenvalue weighted by Gasteiger charge is 2.22. The maximum absolute atomic E-state index is 12.4. The fourth-order valence-electron chi connectivity index (χ4n) is 3.54. The van der Waals surface area contributed by atoms with E-state index in [4.69, 9.17) is 14.2 Å². The number of carbonyl (C=O) groups excluding carboxylic acids is 3. The number of aromatic nitrogens is 1. The fourth-order valence-corrected chi connectivity index (χ4v) is 3.54. The number of unbranched alkanes of at least 4 members (excludes halogenated alkanes) is 1. The van der Waals surface area contributed by atoms with Gasteiger partial charge in [0.05, 0.1) is 13.2 Å². The number of likely N-dealkylation sites (tertiary alicyclic amines) is 1. The van der Waals surface area contributed by atoms with Crippen LogP contribution in [0.15, 0.2) is 36.5 Å². The number of rotatable bonds is 12. The summed E-state index contributed by atoms with van der Waals surface area (Å²) in [5, 5.41) is 0. The lowest BCUT2D eigenvalue weighted by Gasteiger charge is -2.13. The van der Waals surface area contributed by atoms with Gasteiger partial charge < -0.3 is 24.1 Å². The molecule has 1 saturated heterocycles. The average Bonchev–Trinajstić information content (AvgIpc) is 3.55. The third kappa shape index (κ3) is 6.97. The number of esters is 1. The number of H-pyrrole nitrogens is 1. The largest absolute Gasteiger partial charge is 0.490 e. The molecule has 182 valence electrons. The maximum atomic E-state index is 12.4. The van der Waals surface area contributed by atoms with Crippen LogP contribution in [-0.2, 0) is 9.53 Å². The van der Waals surface area contributed by atoms with Crippen LogP contribution >= 0.6 is 0 Å². The van der Waals surface area contributed by atoms with Gasteiger partial charge in [0.25, 0.3) is 5.91 Å². The lowest BCUT2D eigenvalue weighted by molar-refractivity contribution is -0.136. The van der Waals surface area contributed by atoms with Gasteiger partial charge in [0.1, 0.15) is 5.69 Å². The molecule has 1 aromatic heterocycles. The molecular formula is C26H32N2O6. The molecule has 1 fully saturated rings. The number of ether oxygens (including phenoxy) is 3. The number of hydrogen-bond acceptors (Lipinski definition) is 6. The number of aromatic amines is 1. The molecule has 1 aromatic carbocycles. The van der Waals surface area contributed by atoms with Crippen LogP contribution in [0.5, 0.6) is 11.5 Å². The summed E-state index contributed by atoms with van der Waals surface area (Å²) in [5.41, 5.74) is 1.41. The molecule has 0 bridgehead atoms. The third-order valence-electron chi connectivity index (χ3n) is 5.41. The van der Waals surface area contributed by atoms with Crippen LogP contribution < -0.4 is 9.47 Å². The monoisotopic (exact) mass is 468 g/mol. The third-order valence-corrected chi connectivity index (χ3v) is 5.41. The van der Waals surface area contributed by atoms with Crippen LogP contribution in [0.2, 0.25) is 0 Å². The summed E-state index contributed by atoms with van der Waals surface area (Å²) < 4.78 is 16.5. The zero-order valence-corrected chi connectivity index (χ0v) is 19.8.